The maximum Gasteiger partial charge on any atom is 0.433 e. The van der Waals surface area contributed by atoms with Crippen molar-refractivity contribution in [1.82, 2.24) is 15.0 Å². The number of hydrogen-bond donors (Lipinski definition) is 0. The first-order chi connectivity index (χ1) is 8.36. The number of rotatable bonds is 1. The molecule has 0 saturated carbocycles. The summed E-state index contributed by atoms with van der Waals surface area (Å²) in [7, 11) is 0. The summed E-state index contributed by atoms with van der Waals surface area (Å²) in [6.07, 6.45) is -2.61. The van der Waals surface area contributed by atoms with E-state index in [1.54, 1.807) is 0 Å². The number of aryl methyl sites for hydroxylation is 1. The Kier molecular flexibility index (Phi) is 2.98. The monoisotopic (exact) mass is 257 g/mol. The van der Waals surface area contributed by atoms with Crippen LogP contribution in [0.5, 0.6) is 0 Å². The van der Waals surface area contributed by atoms with Crippen LogP contribution in [0.1, 0.15) is 11.4 Å². The molecule has 0 fully saturated rings. The molecule has 0 aromatic carbocycles. The highest BCUT2D eigenvalue weighted by atomic mass is 19.4. The molecule has 0 unspecified atom stereocenters. The molecule has 2 aromatic heterocycles. The molecular formula is C11H7F4N3. The first-order valence-corrected chi connectivity index (χ1v) is 4.90. The molecule has 0 aliphatic carbocycles. The van der Waals surface area contributed by atoms with E-state index in [-0.39, 0.29) is 17.0 Å². The summed E-state index contributed by atoms with van der Waals surface area (Å²) in [6, 6.07) is 2.28. The fourth-order valence-electron chi connectivity index (χ4n) is 1.42. The smallest absolute Gasteiger partial charge is 0.250 e. The molecule has 0 aliphatic heterocycles. The summed E-state index contributed by atoms with van der Waals surface area (Å²) in [5, 5.41) is 0. The van der Waals surface area contributed by atoms with E-state index in [4.69, 9.17) is 0 Å². The number of aromatic nitrogens is 3. The van der Waals surface area contributed by atoms with Gasteiger partial charge in [0.1, 0.15) is 5.69 Å². The van der Waals surface area contributed by atoms with E-state index >= 15 is 0 Å². The van der Waals surface area contributed by atoms with Crippen LogP contribution in [-0.4, -0.2) is 15.0 Å². The highest BCUT2D eigenvalue weighted by Crippen LogP contribution is 2.30. The molecule has 3 nitrogen and oxygen atoms in total. The van der Waals surface area contributed by atoms with Gasteiger partial charge in [-0.3, -0.25) is 0 Å². The molecular weight excluding hydrogens is 250 g/mol. The van der Waals surface area contributed by atoms with Crippen LogP contribution in [0, 0.1) is 12.9 Å². The summed E-state index contributed by atoms with van der Waals surface area (Å²) < 4.78 is 50.3. The maximum absolute atomic E-state index is 12.6. The van der Waals surface area contributed by atoms with Crippen LogP contribution in [0.2, 0.25) is 0 Å². The van der Waals surface area contributed by atoms with Gasteiger partial charge < -0.3 is 0 Å². The van der Waals surface area contributed by atoms with E-state index in [2.05, 4.69) is 15.0 Å². The summed E-state index contributed by atoms with van der Waals surface area (Å²) in [4.78, 5) is 10.4. The summed E-state index contributed by atoms with van der Waals surface area (Å²) in [5.41, 5.74) is -0.454. The van der Waals surface area contributed by atoms with Gasteiger partial charge in [0.15, 0.2) is 0 Å². The number of pyridine rings is 1. The van der Waals surface area contributed by atoms with E-state index in [0.717, 1.165) is 18.5 Å². The van der Waals surface area contributed by atoms with Gasteiger partial charge in [0.05, 0.1) is 18.1 Å². The maximum atomic E-state index is 12.6. The van der Waals surface area contributed by atoms with Gasteiger partial charge >= 0.3 is 6.18 Å². The van der Waals surface area contributed by atoms with Crippen LogP contribution in [0.3, 0.4) is 0 Å². The first kappa shape index (κ1) is 12.4. The van der Waals surface area contributed by atoms with Crippen LogP contribution in [0.25, 0.3) is 11.3 Å². The highest BCUT2D eigenvalue weighted by Gasteiger charge is 2.33. The third kappa shape index (κ3) is 2.61. The third-order valence-electron chi connectivity index (χ3n) is 2.16. The van der Waals surface area contributed by atoms with E-state index in [1.807, 2.05) is 0 Å². The molecule has 0 spiro atoms. The van der Waals surface area contributed by atoms with Gasteiger partial charge in [-0.25, -0.2) is 15.0 Å². The zero-order chi connectivity index (χ0) is 13.3. The van der Waals surface area contributed by atoms with Crippen molar-refractivity contribution in [3.05, 3.63) is 41.9 Å². The number of nitrogens with zero attached hydrogens (tertiary/aromatic N) is 3. The van der Waals surface area contributed by atoms with Crippen molar-refractivity contribution in [3.63, 3.8) is 0 Å². The Bertz CT molecular complexity index is 563. The number of alkyl halides is 3. The molecule has 0 bridgehead atoms. The van der Waals surface area contributed by atoms with Crippen molar-refractivity contribution in [2.24, 2.45) is 0 Å². The van der Waals surface area contributed by atoms with E-state index in [1.165, 1.54) is 13.0 Å². The van der Waals surface area contributed by atoms with Crippen LogP contribution >= 0.6 is 0 Å². The Morgan fingerprint density at radius 1 is 1.06 bits per heavy atom. The van der Waals surface area contributed by atoms with E-state index < -0.39 is 17.8 Å². The molecule has 94 valence electrons. The Hall–Kier alpha value is -2.05. The van der Waals surface area contributed by atoms with Crippen molar-refractivity contribution < 1.29 is 17.6 Å². The van der Waals surface area contributed by atoms with Gasteiger partial charge in [-0.15, -0.1) is 0 Å². The fourth-order valence-corrected chi connectivity index (χ4v) is 1.42. The molecule has 18 heavy (non-hydrogen) atoms. The minimum absolute atomic E-state index is 0.160. The molecule has 0 atom stereocenters. The lowest BCUT2D eigenvalue weighted by atomic mass is 10.1. The van der Waals surface area contributed by atoms with Crippen molar-refractivity contribution in [1.29, 1.82) is 0 Å². The average molecular weight is 257 g/mol. The largest absolute Gasteiger partial charge is 0.433 e. The quantitative estimate of drug-likeness (QED) is 0.737. The molecule has 7 heteroatoms. The predicted molar refractivity (Wildman–Crippen MR) is 55.0 cm³/mol. The van der Waals surface area contributed by atoms with Gasteiger partial charge in [0, 0.05) is 11.3 Å². The van der Waals surface area contributed by atoms with Crippen LogP contribution < -0.4 is 0 Å². The minimum Gasteiger partial charge on any atom is -0.250 e. The van der Waals surface area contributed by atoms with Crippen molar-refractivity contribution in [3.8, 4) is 11.3 Å². The Morgan fingerprint density at radius 2 is 1.78 bits per heavy atom. The Balaban J connectivity index is 2.52. The molecule has 0 saturated heterocycles. The Morgan fingerprint density at radius 3 is 2.33 bits per heavy atom. The van der Waals surface area contributed by atoms with Gasteiger partial charge in [0.25, 0.3) is 0 Å². The second-order valence-corrected chi connectivity index (χ2v) is 3.60. The molecule has 0 amide bonds. The first-order valence-electron chi connectivity index (χ1n) is 4.90. The molecule has 2 rings (SSSR count). The molecule has 2 heterocycles. The lowest BCUT2D eigenvalue weighted by Gasteiger charge is -2.09. The standard InChI is InChI=1S/C11H7F4N3/c1-6-2-7(3-9(18-6)11(13,14)15)8-4-17-10(12)5-16-8/h2-5H,1H3. The van der Waals surface area contributed by atoms with Crippen LogP contribution in [0.4, 0.5) is 17.6 Å². The fraction of sp³-hybridized carbons (Fsp3) is 0.182. The van der Waals surface area contributed by atoms with Gasteiger partial charge in [0.2, 0.25) is 5.95 Å². The molecule has 2 aromatic rings. The summed E-state index contributed by atoms with van der Waals surface area (Å²) in [6.45, 7) is 1.44. The SMILES string of the molecule is Cc1cc(-c2cnc(F)cn2)cc(C(F)(F)F)n1. The van der Waals surface area contributed by atoms with Crippen molar-refractivity contribution in [2.45, 2.75) is 13.1 Å². The van der Waals surface area contributed by atoms with Crippen LogP contribution in [-0.2, 0) is 6.18 Å². The topological polar surface area (TPSA) is 38.7 Å². The van der Waals surface area contributed by atoms with Gasteiger partial charge in [-0.05, 0) is 19.1 Å². The van der Waals surface area contributed by atoms with E-state index in [9.17, 15) is 17.6 Å². The second kappa shape index (κ2) is 4.32. The lowest BCUT2D eigenvalue weighted by molar-refractivity contribution is -0.141. The summed E-state index contributed by atoms with van der Waals surface area (Å²) in [5.74, 6) is -0.791. The normalized spacial score (nSPS) is 11.6. The summed E-state index contributed by atoms with van der Waals surface area (Å²) >= 11 is 0. The van der Waals surface area contributed by atoms with E-state index in [0.29, 0.717) is 0 Å². The third-order valence-corrected chi connectivity index (χ3v) is 2.16. The minimum atomic E-state index is -4.53. The van der Waals surface area contributed by atoms with Gasteiger partial charge in [-0.1, -0.05) is 0 Å². The van der Waals surface area contributed by atoms with Crippen molar-refractivity contribution in [2.75, 3.05) is 0 Å². The van der Waals surface area contributed by atoms with Crippen LogP contribution in [0.15, 0.2) is 24.5 Å². The molecule has 0 radical (unpaired) electrons. The second-order valence-electron chi connectivity index (χ2n) is 3.60. The zero-order valence-electron chi connectivity index (χ0n) is 9.16. The zero-order valence-corrected chi connectivity index (χ0v) is 9.16. The highest BCUT2D eigenvalue weighted by molar-refractivity contribution is 5.58. The van der Waals surface area contributed by atoms with Crippen molar-refractivity contribution >= 4 is 0 Å². The predicted octanol–water partition coefficient (Wildman–Crippen LogP) is 3.00. The lowest BCUT2D eigenvalue weighted by Crippen LogP contribution is -2.09. The molecule has 0 aliphatic rings. The average Bonchev–Trinajstić information content (AvgIpc) is 2.28. The number of hydrogen-bond acceptors (Lipinski definition) is 3. The number of halogens is 4. The van der Waals surface area contributed by atoms with Gasteiger partial charge in [-0.2, -0.15) is 17.6 Å². The Labute approximate surface area is 99.5 Å². The molecule has 0 N–H and O–H groups in total.